The van der Waals surface area contributed by atoms with Gasteiger partial charge in [0.2, 0.25) is 0 Å². The lowest BCUT2D eigenvalue weighted by Crippen LogP contribution is -2.07. The number of thioether (sulfide) groups is 1. The summed E-state index contributed by atoms with van der Waals surface area (Å²) in [6, 6.07) is 20.3. The number of carbonyl (C=O) groups excluding carboxylic acids is 1. The van der Waals surface area contributed by atoms with Crippen molar-refractivity contribution in [1.29, 1.82) is 0 Å². The minimum Gasteiger partial charge on any atom is -0.497 e. The Morgan fingerprint density at radius 3 is 2.45 bits per heavy atom. The van der Waals surface area contributed by atoms with Gasteiger partial charge in [-0.25, -0.2) is 0 Å². The lowest BCUT2D eigenvalue weighted by molar-refractivity contribution is 0.102. The third-order valence-corrected chi connectivity index (χ3v) is 6.95. The third kappa shape index (κ3) is 4.20. The maximum absolute atomic E-state index is 13.1. The molecule has 168 valence electrons. The van der Waals surface area contributed by atoms with E-state index in [-0.39, 0.29) is 5.78 Å². The first-order valence-electron chi connectivity index (χ1n) is 11.1. The van der Waals surface area contributed by atoms with E-state index in [9.17, 15) is 4.79 Å². The van der Waals surface area contributed by atoms with E-state index >= 15 is 0 Å². The largest absolute Gasteiger partial charge is 0.497 e. The molecule has 0 radical (unpaired) electrons. The highest BCUT2D eigenvalue weighted by molar-refractivity contribution is 7.99. The quantitative estimate of drug-likeness (QED) is 0.251. The van der Waals surface area contributed by atoms with Crippen LogP contribution in [0, 0.1) is 13.8 Å². The number of methoxy groups -OCH3 is 1. The highest BCUT2D eigenvalue weighted by Gasteiger charge is 2.28. The molecule has 0 aliphatic heterocycles. The average molecular weight is 459 g/mol. The standard InChI is InChI=1S/C26H26N4O2S/c1-17-15-23(18(2)29(17)20-9-10-20)24(31)16-33-26-28-27-25(19-7-5-4-6-8-19)30(26)21-11-13-22(32-3)14-12-21/h4-8,11-15,20H,9-10,16H2,1-3H3. The zero-order chi connectivity index (χ0) is 22.9. The van der Waals surface area contributed by atoms with Crippen molar-refractivity contribution >= 4 is 17.5 Å². The fraction of sp³-hybridized carbons (Fsp3) is 0.269. The number of ketones is 1. The number of hydrogen-bond donors (Lipinski definition) is 0. The Morgan fingerprint density at radius 2 is 1.79 bits per heavy atom. The first kappa shape index (κ1) is 21.5. The zero-order valence-corrected chi connectivity index (χ0v) is 19.8. The molecule has 33 heavy (non-hydrogen) atoms. The molecule has 5 rings (SSSR count). The number of aromatic nitrogens is 4. The van der Waals surface area contributed by atoms with E-state index in [1.807, 2.05) is 65.2 Å². The minimum atomic E-state index is 0.116. The van der Waals surface area contributed by atoms with Crippen molar-refractivity contribution < 1.29 is 9.53 Å². The second kappa shape index (κ2) is 8.90. The van der Waals surface area contributed by atoms with Gasteiger partial charge >= 0.3 is 0 Å². The summed E-state index contributed by atoms with van der Waals surface area (Å²) in [6.07, 6.45) is 2.40. The zero-order valence-electron chi connectivity index (χ0n) is 19.0. The number of benzene rings is 2. The Labute approximate surface area is 197 Å². The fourth-order valence-electron chi connectivity index (χ4n) is 4.26. The van der Waals surface area contributed by atoms with Crippen LogP contribution in [0.1, 0.15) is 40.6 Å². The van der Waals surface area contributed by atoms with Crippen LogP contribution in [-0.2, 0) is 0 Å². The number of Topliss-reactive ketones (excluding diaryl/α,β-unsaturated/α-hetero) is 1. The van der Waals surface area contributed by atoms with Gasteiger partial charge in [0.15, 0.2) is 16.8 Å². The molecule has 0 saturated heterocycles. The van der Waals surface area contributed by atoms with Gasteiger partial charge in [-0.15, -0.1) is 10.2 Å². The fourth-order valence-corrected chi connectivity index (χ4v) is 5.10. The van der Waals surface area contributed by atoms with Crippen molar-refractivity contribution in [1.82, 2.24) is 19.3 Å². The molecule has 1 saturated carbocycles. The number of ether oxygens (including phenoxy) is 1. The van der Waals surface area contributed by atoms with E-state index < -0.39 is 0 Å². The summed E-state index contributed by atoms with van der Waals surface area (Å²) in [5.74, 6) is 1.94. The average Bonchev–Trinajstić information content (AvgIpc) is 3.51. The van der Waals surface area contributed by atoms with Crippen LogP contribution in [0.4, 0.5) is 0 Å². The van der Waals surface area contributed by atoms with Gasteiger partial charge < -0.3 is 9.30 Å². The molecule has 1 fully saturated rings. The third-order valence-electron chi connectivity index (χ3n) is 6.03. The van der Waals surface area contributed by atoms with Crippen LogP contribution in [0.25, 0.3) is 17.1 Å². The molecule has 2 aromatic carbocycles. The van der Waals surface area contributed by atoms with Crippen molar-refractivity contribution in [3.63, 3.8) is 0 Å². The van der Waals surface area contributed by atoms with E-state index in [4.69, 9.17) is 4.74 Å². The predicted octanol–water partition coefficient (Wildman–Crippen LogP) is 5.67. The van der Waals surface area contributed by atoms with Gasteiger partial charge in [0.1, 0.15) is 5.75 Å². The maximum Gasteiger partial charge on any atom is 0.196 e. The number of carbonyl (C=O) groups is 1. The molecule has 0 amide bonds. The summed E-state index contributed by atoms with van der Waals surface area (Å²) in [5, 5.41) is 9.60. The van der Waals surface area contributed by atoms with Gasteiger partial charge in [0.05, 0.1) is 12.9 Å². The highest BCUT2D eigenvalue weighted by Crippen LogP contribution is 2.38. The summed E-state index contributed by atoms with van der Waals surface area (Å²) < 4.78 is 9.62. The topological polar surface area (TPSA) is 61.9 Å². The second-order valence-corrected chi connectivity index (χ2v) is 9.25. The van der Waals surface area contributed by atoms with Gasteiger partial charge in [0.25, 0.3) is 0 Å². The van der Waals surface area contributed by atoms with Crippen LogP contribution in [0.3, 0.4) is 0 Å². The number of hydrogen-bond acceptors (Lipinski definition) is 5. The van der Waals surface area contributed by atoms with Gasteiger partial charge in [0, 0.05) is 34.2 Å². The van der Waals surface area contributed by atoms with Crippen molar-refractivity contribution in [2.45, 2.75) is 37.9 Å². The molecule has 0 bridgehead atoms. The lowest BCUT2D eigenvalue weighted by Gasteiger charge is -2.11. The van der Waals surface area contributed by atoms with E-state index in [1.165, 1.54) is 24.6 Å². The van der Waals surface area contributed by atoms with E-state index in [0.717, 1.165) is 39.8 Å². The van der Waals surface area contributed by atoms with E-state index in [1.54, 1.807) is 7.11 Å². The molecule has 7 heteroatoms. The monoisotopic (exact) mass is 458 g/mol. The summed E-state index contributed by atoms with van der Waals surface area (Å²) >= 11 is 1.42. The van der Waals surface area contributed by atoms with Crippen LogP contribution in [-0.4, -0.2) is 38.0 Å². The molecule has 0 atom stereocenters. The summed E-state index contributed by atoms with van der Waals surface area (Å²) in [5.41, 5.74) is 4.93. The Balaban J connectivity index is 1.45. The number of nitrogens with zero attached hydrogens (tertiary/aromatic N) is 4. The van der Waals surface area contributed by atoms with Crippen LogP contribution >= 0.6 is 11.8 Å². The number of rotatable bonds is 8. The lowest BCUT2D eigenvalue weighted by atomic mass is 10.2. The maximum atomic E-state index is 13.1. The first-order valence-corrected chi connectivity index (χ1v) is 12.0. The van der Waals surface area contributed by atoms with Gasteiger partial charge in [-0.3, -0.25) is 9.36 Å². The normalized spacial score (nSPS) is 13.3. The van der Waals surface area contributed by atoms with Crippen molar-refractivity contribution in [3.8, 4) is 22.8 Å². The van der Waals surface area contributed by atoms with Crippen molar-refractivity contribution in [3.05, 3.63) is 77.6 Å². The molecule has 0 unspecified atom stereocenters. The molecule has 0 N–H and O–H groups in total. The Hall–Kier alpha value is -3.32. The Morgan fingerprint density at radius 1 is 1.06 bits per heavy atom. The van der Waals surface area contributed by atoms with Crippen LogP contribution in [0.15, 0.2) is 65.8 Å². The van der Waals surface area contributed by atoms with Crippen LogP contribution in [0.2, 0.25) is 0 Å². The molecular weight excluding hydrogens is 432 g/mol. The molecule has 2 heterocycles. The molecule has 0 spiro atoms. The van der Waals surface area contributed by atoms with Gasteiger partial charge in [-0.1, -0.05) is 42.1 Å². The Kier molecular flexibility index (Phi) is 5.81. The molecule has 1 aliphatic rings. The van der Waals surface area contributed by atoms with E-state index in [2.05, 4.69) is 28.6 Å². The Bertz CT molecular complexity index is 1290. The smallest absolute Gasteiger partial charge is 0.196 e. The van der Waals surface area contributed by atoms with Crippen molar-refractivity contribution in [2.75, 3.05) is 12.9 Å². The predicted molar refractivity (Wildman–Crippen MR) is 131 cm³/mol. The van der Waals surface area contributed by atoms with E-state index in [0.29, 0.717) is 17.0 Å². The van der Waals surface area contributed by atoms with Gasteiger partial charge in [-0.2, -0.15) is 0 Å². The van der Waals surface area contributed by atoms with Gasteiger partial charge in [-0.05, 0) is 57.0 Å². The molecular formula is C26H26N4O2S. The summed E-state index contributed by atoms with van der Waals surface area (Å²) in [7, 11) is 1.65. The molecule has 4 aromatic rings. The highest BCUT2D eigenvalue weighted by atomic mass is 32.2. The van der Waals surface area contributed by atoms with Crippen LogP contribution in [0.5, 0.6) is 5.75 Å². The summed E-state index contributed by atoms with van der Waals surface area (Å²) in [4.78, 5) is 13.1. The molecule has 6 nitrogen and oxygen atoms in total. The molecule has 2 aromatic heterocycles. The molecule has 1 aliphatic carbocycles. The summed E-state index contributed by atoms with van der Waals surface area (Å²) in [6.45, 7) is 4.14. The van der Waals surface area contributed by atoms with Crippen LogP contribution < -0.4 is 4.74 Å². The SMILES string of the molecule is COc1ccc(-n2c(SCC(=O)c3cc(C)n(C4CC4)c3C)nnc2-c2ccccc2)cc1. The second-order valence-electron chi connectivity index (χ2n) is 8.30. The first-order chi connectivity index (χ1) is 16.1. The number of aryl methyl sites for hydroxylation is 1. The minimum absolute atomic E-state index is 0.116. The van der Waals surface area contributed by atoms with Crippen molar-refractivity contribution in [2.24, 2.45) is 0 Å².